The molecule has 0 bridgehead atoms. The van der Waals surface area contributed by atoms with E-state index in [0.717, 1.165) is 19.0 Å². The van der Waals surface area contributed by atoms with Gasteiger partial charge in [-0.3, -0.25) is 0 Å². The van der Waals surface area contributed by atoms with Gasteiger partial charge in [-0.05, 0) is 51.0 Å². The molecule has 1 saturated carbocycles. The molecule has 19 heavy (non-hydrogen) atoms. The van der Waals surface area contributed by atoms with Gasteiger partial charge in [0.25, 0.3) is 0 Å². The van der Waals surface area contributed by atoms with Crippen molar-refractivity contribution >= 4 is 11.3 Å². The Labute approximate surface area is 122 Å². The normalized spacial score (nSPS) is 18.9. The molecule has 108 valence electrons. The monoisotopic (exact) mass is 280 g/mol. The highest BCUT2D eigenvalue weighted by molar-refractivity contribution is 7.10. The summed E-state index contributed by atoms with van der Waals surface area (Å²) in [7, 11) is 0. The van der Waals surface area contributed by atoms with Crippen LogP contribution in [-0.2, 0) is 0 Å². The van der Waals surface area contributed by atoms with Crippen molar-refractivity contribution in [3.05, 3.63) is 22.4 Å². The van der Waals surface area contributed by atoms with Gasteiger partial charge in [-0.25, -0.2) is 0 Å². The molecule has 1 unspecified atom stereocenters. The van der Waals surface area contributed by atoms with E-state index in [9.17, 15) is 0 Å². The van der Waals surface area contributed by atoms with Crippen molar-refractivity contribution in [3.63, 3.8) is 0 Å². The zero-order valence-electron chi connectivity index (χ0n) is 12.5. The zero-order valence-corrected chi connectivity index (χ0v) is 13.4. The van der Waals surface area contributed by atoms with Crippen LogP contribution in [0.2, 0.25) is 0 Å². The van der Waals surface area contributed by atoms with Gasteiger partial charge in [-0.15, -0.1) is 11.3 Å². The van der Waals surface area contributed by atoms with Crippen molar-refractivity contribution in [2.75, 3.05) is 13.1 Å². The molecule has 0 aromatic carbocycles. The highest BCUT2D eigenvalue weighted by atomic mass is 32.1. The van der Waals surface area contributed by atoms with Crippen LogP contribution < -0.4 is 10.6 Å². The third kappa shape index (κ3) is 4.90. The van der Waals surface area contributed by atoms with Gasteiger partial charge in [0.15, 0.2) is 0 Å². The molecule has 0 saturated heterocycles. The molecule has 1 atom stereocenters. The van der Waals surface area contributed by atoms with Crippen LogP contribution in [0.3, 0.4) is 0 Å². The molecule has 2 nitrogen and oxygen atoms in total. The first-order valence-corrected chi connectivity index (χ1v) is 8.46. The predicted molar refractivity (Wildman–Crippen MR) is 84.8 cm³/mol. The van der Waals surface area contributed by atoms with Crippen LogP contribution >= 0.6 is 11.3 Å². The highest BCUT2D eigenvalue weighted by Gasteiger charge is 2.26. The van der Waals surface area contributed by atoms with Gasteiger partial charge in [0.1, 0.15) is 0 Å². The maximum absolute atomic E-state index is 3.78. The lowest BCUT2D eigenvalue weighted by Crippen LogP contribution is -2.41. The van der Waals surface area contributed by atoms with Crippen LogP contribution in [0.1, 0.15) is 57.4 Å². The average Bonchev–Trinajstić information content (AvgIpc) is 3.00. The number of hydrogen-bond donors (Lipinski definition) is 2. The van der Waals surface area contributed by atoms with E-state index >= 15 is 0 Å². The molecule has 2 rings (SSSR count). The van der Waals surface area contributed by atoms with Crippen LogP contribution in [0.25, 0.3) is 0 Å². The topological polar surface area (TPSA) is 24.1 Å². The van der Waals surface area contributed by atoms with Gasteiger partial charge < -0.3 is 10.6 Å². The van der Waals surface area contributed by atoms with E-state index in [1.165, 1.54) is 30.6 Å². The summed E-state index contributed by atoms with van der Waals surface area (Å²) in [4.78, 5) is 1.52. The maximum atomic E-state index is 3.78. The first-order valence-electron chi connectivity index (χ1n) is 7.58. The van der Waals surface area contributed by atoms with E-state index in [-0.39, 0.29) is 5.54 Å². The third-order valence-corrected chi connectivity index (χ3v) is 4.82. The predicted octanol–water partition coefficient (Wildman–Crippen LogP) is 3.96. The van der Waals surface area contributed by atoms with Crippen LogP contribution in [0.15, 0.2) is 17.5 Å². The zero-order chi connectivity index (χ0) is 13.7. The van der Waals surface area contributed by atoms with E-state index in [1.807, 2.05) is 11.3 Å². The molecule has 2 N–H and O–H groups in total. The van der Waals surface area contributed by atoms with Crippen molar-refractivity contribution in [1.82, 2.24) is 10.6 Å². The fourth-order valence-electron chi connectivity index (χ4n) is 2.92. The van der Waals surface area contributed by atoms with Gasteiger partial charge in [-0.1, -0.05) is 18.9 Å². The lowest BCUT2D eigenvalue weighted by molar-refractivity contribution is 0.355. The summed E-state index contributed by atoms with van der Waals surface area (Å²) in [5, 5.41) is 9.54. The molecule has 1 fully saturated rings. The molecule has 1 aliphatic carbocycles. The lowest BCUT2D eigenvalue weighted by atomic mass is 9.96. The van der Waals surface area contributed by atoms with Crippen LogP contribution in [0.5, 0.6) is 0 Å². The molecule has 0 aliphatic heterocycles. The first kappa shape index (κ1) is 15.0. The molecular weight excluding hydrogens is 252 g/mol. The van der Waals surface area contributed by atoms with Gasteiger partial charge in [0.2, 0.25) is 0 Å². The Morgan fingerprint density at radius 3 is 2.58 bits per heavy atom. The van der Waals surface area contributed by atoms with E-state index in [4.69, 9.17) is 0 Å². The Kier molecular flexibility index (Phi) is 5.43. The second-order valence-electron chi connectivity index (χ2n) is 6.67. The quantitative estimate of drug-likeness (QED) is 0.771. The maximum Gasteiger partial charge on any atom is 0.0443 e. The Bertz CT molecular complexity index is 347. The number of nitrogens with one attached hydrogen (secondary N) is 2. The fourth-order valence-corrected chi connectivity index (χ4v) is 3.82. The van der Waals surface area contributed by atoms with E-state index < -0.39 is 0 Å². The van der Waals surface area contributed by atoms with Crippen molar-refractivity contribution in [3.8, 4) is 0 Å². The summed E-state index contributed by atoms with van der Waals surface area (Å²) in [6.07, 6.45) is 5.60. The molecule has 1 heterocycles. The summed E-state index contributed by atoms with van der Waals surface area (Å²) >= 11 is 1.90. The SMILES string of the molecule is CC(C)(C)NCCNC(c1cccs1)C1CCCC1. The molecule has 3 heteroatoms. The fraction of sp³-hybridized carbons (Fsp3) is 0.750. The molecule has 1 aromatic heterocycles. The molecule has 1 aliphatic rings. The third-order valence-electron chi connectivity index (χ3n) is 3.87. The minimum absolute atomic E-state index is 0.216. The van der Waals surface area contributed by atoms with Gasteiger partial charge in [0, 0.05) is 29.5 Å². The molecule has 1 aromatic rings. The Hall–Kier alpha value is -0.380. The highest BCUT2D eigenvalue weighted by Crippen LogP contribution is 2.37. The van der Waals surface area contributed by atoms with Crippen molar-refractivity contribution in [2.45, 2.75) is 58.0 Å². The average molecular weight is 280 g/mol. The Morgan fingerprint density at radius 2 is 2.00 bits per heavy atom. The molecular formula is C16H28N2S. The molecule has 0 spiro atoms. The molecule has 0 amide bonds. The van der Waals surface area contributed by atoms with E-state index in [2.05, 4.69) is 48.9 Å². The van der Waals surface area contributed by atoms with Crippen LogP contribution in [0, 0.1) is 5.92 Å². The second-order valence-corrected chi connectivity index (χ2v) is 7.65. The largest absolute Gasteiger partial charge is 0.311 e. The number of hydrogen-bond acceptors (Lipinski definition) is 3. The van der Waals surface area contributed by atoms with Crippen molar-refractivity contribution in [2.24, 2.45) is 5.92 Å². The summed E-state index contributed by atoms with van der Waals surface area (Å²) in [6, 6.07) is 5.04. The summed E-state index contributed by atoms with van der Waals surface area (Å²) in [5.41, 5.74) is 0.216. The minimum Gasteiger partial charge on any atom is -0.311 e. The standard InChI is InChI=1S/C16H28N2S/c1-16(2,3)18-11-10-17-15(13-7-4-5-8-13)14-9-6-12-19-14/h6,9,12-13,15,17-18H,4-5,7-8,10-11H2,1-3H3. The Balaban J connectivity index is 1.84. The van der Waals surface area contributed by atoms with Gasteiger partial charge >= 0.3 is 0 Å². The minimum atomic E-state index is 0.216. The van der Waals surface area contributed by atoms with E-state index in [1.54, 1.807) is 0 Å². The van der Waals surface area contributed by atoms with Crippen molar-refractivity contribution in [1.29, 1.82) is 0 Å². The molecule has 0 radical (unpaired) electrons. The van der Waals surface area contributed by atoms with E-state index in [0.29, 0.717) is 6.04 Å². The number of thiophene rings is 1. The van der Waals surface area contributed by atoms with Crippen LogP contribution in [0.4, 0.5) is 0 Å². The van der Waals surface area contributed by atoms with Crippen molar-refractivity contribution < 1.29 is 0 Å². The van der Waals surface area contributed by atoms with Gasteiger partial charge in [-0.2, -0.15) is 0 Å². The Morgan fingerprint density at radius 1 is 1.26 bits per heavy atom. The lowest BCUT2D eigenvalue weighted by Gasteiger charge is -2.26. The van der Waals surface area contributed by atoms with Crippen LogP contribution in [-0.4, -0.2) is 18.6 Å². The summed E-state index contributed by atoms with van der Waals surface area (Å²) < 4.78 is 0. The van der Waals surface area contributed by atoms with Gasteiger partial charge in [0.05, 0.1) is 0 Å². The first-order chi connectivity index (χ1) is 9.06. The smallest absolute Gasteiger partial charge is 0.0443 e. The second kappa shape index (κ2) is 6.87. The number of rotatable bonds is 6. The summed E-state index contributed by atoms with van der Waals surface area (Å²) in [6.45, 7) is 8.76. The summed E-state index contributed by atoms with van der Waals surface area (Å²) in [5.74, 6) is 0.841.